The van der Waals surface area contributed by atoms with E-state index in [9.17, 15) is 9.59 Å². The quantitative estimate of drug-likeness (QED) is 0.832. The molecule has 5 unspecified atom stereocenters. The van der Waals surface area contributed by atoms with Crippen molar-refractivity contribution in [2.45, 2.75) is 40.5 Å². The second-order valence-electron chi connectivity index (χ2n) is 11.0. The molecule has 0 aromatic carbocycles. The third kappa shape index (κ3) is 2.18. The Kier molecular flexibility index (Phi) is 3.30. The number of rotatable bonds is 3. The number of hydrogen-bond acceptors (Lipinski definition) is 3. The van der Waals surface area contributed by atoms with Crippen molar-refractivity contribution in [2.24, 2.45) is 39.9 Å². The molecule has 2 aliphatic carbocycles. The number of fused-ring (bicyclic) bond motifs is 2. The number of piperidine rings is 2. The molecule has 2 saturated carbocycles. The Bertz CT molecular complexity index is 636. The monoisotopic (exact) mass is 359 g/mol. The van der Waals surface area contributed by atoms with Gasteiger partial charge in [-0.3, -0.25) is 9.59 Å². The molecule has 5 nitrogen and oxygen atoms in total. The molecule has 3 heterocycles. The second-order valence-corrected chi connectivity index (χ2v) is 11.0. The molecular weight excluding hydrogens is 326 g/mol. The van der Waals surface area contributed by atoms with E-state index in [4.69, 9.17) is 0 Å². The molecule has 144 valence electrons. The molecule has 5 aliphatic rings. The zero-order valence-electron chi connectivity index (χ0n) is 16.7. The summed E-state index contributed by atoms with van der Waals surface area (Å²) in [5.41, 5.74) is 0.333. The molecule has 5 rings (SSSR count). The van der Waals surface area contributed by atoms with Crippen LogP contribution in [-0.4, -0.2) is 60.9 Å². The maximum absolute atomic E-state index is 13.4. The van der Waals surface area contributed by atoms with Crippen LogP contribution in [0.25, 0.3) is 0 Å². The van der Waals surface area contributed by atoms with E-state index in [-0.39, 0.29) is 11.8 Å². The van der Waals surface area contributed by atoms with Crippen LogP contribution in [0, 0.1) is 39.9 Å². The van der Waals surface area contributed by atoms with Crippen molar-refractivity contribution in [2.75, 3.05) is 39.3 Å². The van der Waals surface area contributed by atoms with Gasteiger partial charge in [-0.15, -0.1) is 0 Å². The minimum atomic E-state index is -0.500. The first-order valence-electron chi connectivity index (χ1n) is 10.4. The summed E-state index contributed by atoms with van der Waals surface area (Å²) >= 11 is 0. The lowest BCUT2D eigenvalue weighted by atomic mass is 9.81. The second kappa shape index (κ2) is 5.03. The van der Waals surface area contributed by atoms with Crippen molar-refractivity contribution in [1.82, 2.24) is 15.1 Å². The summed E-state index contributed by atoms with van der Waals surface area (Å²) in [6.07, 6.45) is 1.20. The topological polar surface area (TPSA) is 52.7 Å². The van der Waals surface area contributed by atoms with Crippen molar-refractivity contribution in [3.05, 3.63) is 0 Å². The van der Waals surface area contributed by atoms with Crippen molar-refractivity contribution >= 4 is 11.8 Å². The maximum Gasteiger partial charge on any atom is 0.230 e. The van der Waals surface area contributed by atoms with E-state index in [1.54, 1.807) is 0 Å². The van der Waals surface area contributed by atoms with Gasteiger partial charge in [-0.05, 0) is 47.5 Å². The summed E-state index contributed by atoms with van der Waals surface area (Å²) in [7, 11) is 0. The summed E-state index contributed by atoms with van der Waals surface area (Å²) in [6.45, 7) is 14.4. The fourth-order valence-corrected chi connectivity index (χ4v) is 6.52. The highest BCUT2D eigenvalue weighted by Gasteiger charge is 2.65. The van der Waals surface area contributed by atoms with Gasteiger partial charge in [0.05, 0.1) is 5.41 Å². The standard InChI is InChI=1S/C21H33N3O2/c1-19(2)13-8-23(9-14(13)19)17(25)7-21(5-6-22-12-21)18(26)24-10-15-16(11-24)20(15,3)4/h13-16,22H,5-12H2,1-4H3. The zero-order chi connectivity index (χ0) is 18.5. The summed E-state index contributed by atoms with van der Waals surface area (Å²) in [5.74, 6) is 3.13. The largest absolute Gasteiger partial charge is 0.342 e. The van der Waals surface area contributed by atoms with Gasteiger partial charge in [-0.2, -0.15) is 0 Å². The first-order valence-corrected chi connectivity index (χ1v) is 10.4. The van der Waals surface area contributed by atoms with Gasteiger partial charge >= 0.3 is 0 Å². The van der Waals surface area contributed by atoms with E-state index in [0.29, 0.717) is 47.5 Å². The van der Waals surface area contributed by atoms with Crippen LogP contribution in [0.15, 0.2) is 0 Å². The van der Waals surface area contributed by atoms with Crippen LogP contribution in [0.5, 0.6) is 0 Å². The van der Waals surface area contributed by atoms with E-state index < -0.39 is 5.41 Å². The minimum absolute atomic E-state index is 0.203. The highest BCUT2D eigenvalue weighted by atomic mass is 16.2. The molecule has 0 radical (unpaired) electrons. The van der Waals surface area contributed by atoms with Gasteiger partial charge in [-0.1, -0.05) is 27.7 Å². The third-order valence-electron chi connectivity index (χ3n) is 9.07. The van der Waals surface area contributed by atoms with Crippen molar-refractivity contribution < 1.29 is 9.59 Å². The number of hydrogen-bond donors (Lipinski definition) is 1. The first kappa shape index (κ1) is 17.0. The van der Waals surface area contributed by atoms with Gasteiger partial charge in [-0.25, -0.2) is 0 Å². The molecule has 5 atom stereocenters. The molecule has 0 aromatic heterocycles. The Morgan fingerprint density at radius 2 is 1.38 bits per heavy atom. The molecule has 1 N–H and O–H groups in total. The number of amides is 2. The Balaban J connectivity index is 1.25. The molecule has 3 saturated heterocycles. The predicted molar refractivity (Wildman–Crippen MR) is 99.2 cm³/mol. The fraction of sp³-hybridized carbons (Fsp3) is 0.905. The highest BCUT2D eigenvalue weighted by molar-refractivity contribution is 5.90. The van der Waals surface area contributed by atoms with Crippen LogP contribution < -0.4 is 5.32 Å². The minimum Gasteiger partial charge on any atom is -0.342 e. The maximum atomic E-state index is 13.4. The number of nitrogens with zero attached hydrogens (tertiary/aromatic N) is 2. The van der Waals surface area contributed by atoms with E-state index in [1.807, 2.05) is 4.90 Å². The lowest BCUT2D eigenvalue weighted by Gasteiger charge is -2.34. The number of carbonyl (C=O) groups excluding carboxylic acids is 2. The summed E-state index contributed by atoms with van der Waals surface area (Å²) in [6, 6.07) is 0. The molecule has 0 aromatic rings. The molecule has 5 heteroatoms. The van der Waals surface area contributed by atoms with Crippen LogP contribution in [0.3, 0.4) is 0 Å². The molecule has 5 fully saturated rings. The zero-order valence-corrected chi connectivity index (χ0v) is 16.7. The lowest BCUT2D eigenvalue weighted by Crippen LogP contribution is -2.48. The Morgan fingerprint density at radius 3 is 1.85 bits per heavy atom. The van der Waals surface area contributed by atoms with Crippen molar-refractivity contribution in [3.63, 3.8) is 0 Å². The number of carbonyl (C=O) groups is 2. The summed E-state index contributed by atoms with van der Waals surface area (Å²) in [4.78, 5) is 30.5. The molecule has 0 spiro atoms. The fourth-order valence-electron chi connectivity index (χ4n) is 6.52. The Hall–Kier alpha value is -1.10. The van der Waals surface area contributed by atoms with Gasteiger partial charge in [0.15, 0.2) is 0 Å². The molecule has 3 aliphatic heterocycles. The third-order valence-corrected chi connectivity index (χ3v) is 9.07. The molecular formula is C21H33N3O2. The van der Waals surface area contributed by atoms with Crippen LogP contribution in [0.2, 0.25) is 0 Å². The predicted octanol–water partition coefficient (Wildman–Crippen LogP) is 1.58. The summed E-state index contributed by atoms with van der Waals surface area (Å²) in [5, 5.41) is 3.36. The Morgan fingerprint density at radius 1 is 0.885 bits per heavy atom. The van der Waals surface area contributed by atoms with E-state index in [2.05, 4.69) is 37.9 Å². The Labute approximate surface area is 156 Å². The molecule has 26 heavy (non-hydrogen) atoms. The smallest absolute Gasteiger partial charge is 0.230 e. The van der Waals surface area contributed by atoms with Gasteiger partial charge in [0.1, 0.15) is 0 Å². The van der Waals surface area contributed by atoms with Gasteiger partial charge in [0, 0.05) is 39.1 Å². The van der Waals surface area contributed by atoms with Crippen molar-refractivity contribution in [3.8, 4) is 0 Å². The van der Waals surface area contributed by atoms with Crippen LogP contribution >= 0.6 is 0 Å². The molecule has 2 amide bonds. The average molecular weight is 360 g/mol. The van der Waals surface area contributed by atoms with E-state index >= 15 is 0 Å². The van der Waals surface area contributed by atoms with Gasteiger partial charge in [0.2, 0.25) is 11.8 Å². The first-order chi connectivity index (χ1) is 12.2. The highest BCUT2D eigenvalue weighted by Crippen LogP contribution is 2.63. The van der Waals surface area contributed by atoms with E-state index in [0.717, 1.165) is 39.1 Å². The lowest BCUT2D eigenvalue weighted by molar-refractivity contribution is -0.147. The SMILES string of the molecule is CC1(C)C2CN(C(=O)CC3(C(=O)N4CC5C(C4)C5(C)C)CCNC3)CC21. The van der Waals surface area contributed by atoms with Crippen molar-refractivity contribution in [1.29, 1.82) is 0 Å². The summed E-state index contributed by atoms with van der Waals surface area (Å²) < 4.78 is 0. The van der Waals surface area contributed by atoms with Crippen LogP contribution in [0.4, 0.5) is 0 Å². The van der Waals surface area contributed by atoms with Crippen LogP contribution in [0.1, 0.15) is 40.5 Å². The van der Waals surface area contributed by atoms with Gasteiger partial charge < -0.3 is 15.1 Å². The normalized spacial score (nSPS) is 44.0. The van der Waals surface area contributed by atoms with E-state index in [1.165, 1.54) is 0 Å². The number of likely N-dealkylation sites (tertiary alicyclic amines) is 2. The van der Waals surface area contributed by atoms with Crippen LogP contribution in [-0.2, 0) is 9.59 Å². The van der Waals surface area contributed by atoms with Gasteiger partial charge in [0.25, 0.3) is 0 Å². The average Bonchev–Trinajstić information content (AvgIpc) is 3.18. The molecule has 0 bridgehead atoms. The number of nitrogens with one attached hydrogen (secondary N) is 1.